The number of fused-ring (bicyclic) bond motifs is 1. The Hall–Kier alpha value is -2.37. The van der Waals surface area contributed by atoms with Gasteiger partial charge in [-0.2, -0.15) is 0 Å². The molecule has 2 aromatic heterocycles. The van der Waals surface area contributed by atoms with E-state index in [4.69, 9.17) is 0 Å². The summed E-state index contributed by atoms with van der Waals surface area (Å²) in [6.45, 7) is 0. The van der Waals surface area contributed by atoms with Crippen LogP contribution in [-0.2, 0) is 9.59 Å². The number of carbonyl (C=O) groups excluding carboxylic acids is 2. The van der Waals surface area contributed by atoms with Crippen molar-refractivity contribution in [3.63, 3.8) is 0 Å². The molecule has 6 heteroatoms. The van der Waals surface area contributed by atoms with Crippen LogP contribution in [0.25, 0.3) is 11.0 Å². The Balaban J connectivity index is 1.29. The normalized spacial score (nSPS) is 26.6. The molecule has 0 bridgehead atoms. The highest BCUT2D eigenvalue weighted by molar-refractivity contribution is 5.82. The zero-order valence-electron chi connectivity index (χ0n) is 14.3. The molecule has 2 amide bonds. The van der Waals surface area contributed by atoms with Crippen molar-refractivity contribution in [2.24, 2.45) is 0 Å². The van der Waals surface area contributed by atoms with E-state index in [2.05, 4.69) is 38.5 Å². The maximum Gasteiger partial charge on any atom is 0.222 e. The lowest BCUT2D eigenvalue weighted by Crippen LogP contribution is -2.40. The Kier molecular flexibility index (Phi) is 4.42. The summed E-state index contributed by atoms with van der Waals surface area (Å²) < 4.78 is 2.28. The number of amides is 2. The monoisotopic (exact) mass is 340 g/mol. The third-order valence-corrected chi connectivity index (χ3v) is 5.45. The van der Waals surface area contributed by atoms with Gasteiger partial charge in [0.05, 0.1) is 0 Å². The largest absolute Gasteiger partial charge is 0.353 e. The van der Waals surface area contributed by atoms with Gasteiger partial charge in [-0.05, 0) is 50.3 Å². The second-order valence-electron chi connectivity index (χ2n) is 7.22. The molecule has 0 unspecified atom stereocenters. The van der Waals surface area contributed by atoms with E-state index in [-0.39, 0.29) is 23.9 Å². The lowest BCUT2D eigenvalue weighted by atomic mass is 9.91. The maximum atomic E-state index is 12.2. The van der Waals surface area contributed by atoms with Crippen molar-refractivity contribution >= 4 is 22.8 Å². The lowest BCUT2D eigenvalue weighted by molar-refractivity contribution is -0.122. The molecule has 132 valence electrons. The second kappa shape index (κ2) is 6.86. The summed E-state index contributed by atoms with van der Waals surface area (Å²) in [5.74, 6) is 0.120. The highest BCUT2D eigenvalue weighted by atomic mass is 16.2. The second-order valence-corrected chi connectivity index (χ2v) is 7.22. The molecule has 0 radical (unpaired) electrons. The van der Waals surface area contributed by atoms with Gasteiger partial charge in [0.25, 0.3) is 0 Å². The number of aromatic nitrogens is 2. The fourth-order valence-electron chi connectivity index (χ4n) is 4.12. The van der Waals surface area contributed by atoms with Crippen molar-refractivity contribution in [1.82, 2.24) is 20.2 Å². The third kappa shape index (κ3) is 3.52. The van der Waals surface area contributed by atoms with Crippen LogP contribution in [-0.4, -0.2) is 33.4 Å². The Morgan fingerprint density at radius 3 is 2.84 bits per heavy atom. The minimum absolute atomic E-state index is 0.0150. The standard InChI is InChI=1S/C19H24N4O2/c24-17-8-5-15(22-17)12-18(25)21-14-3-6-16(7-4-14)23-11-9-13-2-1-10-20-19(13)23/h1-2,9-11,14-16H,3-8,12H2,(H,21,25)(H,22,24)/t14?,15-,16?/m0/s1. The van der Waals surface area contributed by atoms with Gasteiger partial charge in [0.2, 0.25) is 11.8 Å². The molecule has 4 rings (SSSR count). The predicted molar refractivity (Wildman–Crippen MR) is 95.0 cm³/mol. The van der Waals surface area contributed by atoms with Crippen LogP contribution in [0.5, 0.6) is 0 Å². The molecule has 3 heterocycles. The number of hydrogen-bond acceptors (Lipinski definition) is 3. The van der Waals surface area contributed by atoms with Crippen LogP contribution in [0, 0.1) is 0 Å². The zero-order valence-corrected chi connectivity index (χ0v) is 14.3. The van der Waals surface area contributed by atoms with E-state index >= 15 is 0 Å². The zero-order chi connectivity index (χ0) is 17.2. The molecule has 1 saturated carbocycles. The highest BCUT2D eigenvalue weighted by Gasteiger charge is 2.27. The molecular weight excluding hydrogens is 316 g/mol. The topological polar surface area (TPSA) is 76.0 Å². The SMILES string of the molecule is O=C(C[C@@H]1CCC(=O)N1)NC1CCC(n2ccc3cccnc32)CC1. The van der Waals surface area contributed by atoms with E-state index in [1.165, 1.54) is 5.39 Å². The average Bonchev–Trinajstić information content (AvgIpc) is 3.22. The van der Waals surface area contributed by atoms with E-state index in [9.17, 15) is 9.59 Å². The van der Waals surface area contributed by atoms with Gasteiger partial charge in [0.1, 0.15) is 5.65 Å². The molecule has 2 N–H and O–H groups in total. The quantitative estimate of drug-likeness (QED) is 0.897. The van der Waals surface area contributed by atoms with Gasteiger partial charge < -0.3 is 15.2 Å². The fraction of sp³-hybridized carbons (Fsp3) is 0.526. The minimum Gasteiger partial charge on any atom is -0.353 e. The van der Waals surface area contributed by atoms with E-state index < -0.39 is 0 Å². The first-order chi connectivity index (χ1) is 12.2. The average molecular weight is 340 g/mol. The molecule has 1 atom stereocenters. The van der Waals surface area contributed by atoms with Gasteiger partial charge in [0.15, 0.2) is 0 Å². The Morgan fingerprint density at radius 1 is 1.24 bits per heavy atom. The number of rotatable bonds is 4. The molecule has 1 aliphatic carbocycles. The first-order valence-corrected chi connectivity index (χ1v) is 9.19. The molecular formula is C19H24N4O2. The van der Waals surface area contributed by atoms with Crippen LogP contribution in [0.3, 0.4) is 0 Å². The number of nitrogens with one attached hydrogen (secondary N) is 2. The molecule has 1 aliphatic heterocycles. The van der Waals surface area contributed by atoms with Gasteiger partial charge in [-0.3, -0.25) is 9.59 Å². The van der Waals surface area contributed by atoms with Gasteiger partial charge in [0, 0.05) is 48.7 Å². The number of pyridine rings is 1. The number of carbonyl (C=O) groups is 2. The molecule has 6 nitrogen and oxygen atoms in total. The summed E-state index contributed by atoms with van der Waals surface area (Å²) in [5, 5.41) is 7.18. The predicted octanol–water partition coefficient (Wildman–Crippen LogP) is 2.30. The molecule has 2 aliphatic rings. The first kappa shape index (κ1) is 16.1. The summed E-state index contributed by atoms with van der Waals surface area (Å²) >= 11 is 0. The molecule has 1 saturated heterocycles. The van der Waals surface area contributed by atoms with E-state index in [1.54, 1.807) is 0 Å². The minimum atomic E-state index is 0.0150. The van der Waals surface area contributed by atoms with E-state index in [0.717, 1.165) is 37.8 Å². The number of nitrogens with zero attached hydrogens (tertiary/aromatic N) is 2. The number of hydrogen-bond donors (Lipinski definition) is 2. The summed E-state index contributed by atoms with van der Waals surface area (Å²) in [6.07, 6.45) is 9.75. The third-order valence-electron chi connectivity index (χ3n) is 5.45. The molecule has 0 aromatic carbocycles. The Bertz CT molecular complexity index is 777. The van der Waals surface area contributed by atoms with Crippen LogP contribution in [0.2, 0.25) is 0 Å². The van der Waals surface area contributed by atoms with E-state index in [0.29, 0.717) is 18.9 Å². The Labute approximate surface area is 147 Å². The molecule has 2 fully saturated rings. The molecule has 0 spiro atoms. The van der Waals surface area contributed by atoms with Crippen molar-refractivity contribution < 1.29 is 9.59 Å². The van der Waals surface area contributed by atoms with Gasteiger partial charge in [-0.1, -0.05) is 0 Å². The first-order valence-electron chi connectivity index (χ1n) is 9.19. The van der Waals surface area contributed by atoms with Gasteiger partial charge in [-0.15, -0.1) is 0 Å². The van der Waals surface area contributed by atoms with E-state index in [1.807, 2.05) is 12.3 Å². The van der Waals surface area contributed by atoms with Crippen LogP contribution in [0.15, 0.2) is 30.6 Å². The van der Waals surface area contributed by atoms with Gasteiger partial charge in [-0.25, -0.2) is 4.98 Å². The van der Waals surface area contributed by atoms with Crippen LogP contribution in [0.1, 0.15) is 51.0 Å². The smallest absolute Gasteiger partial charge is 0.222 e. The summed E-state index contributed by atoms with van der Waals surface area (Å²) in [4.78, 5) is 27.9. The van der Waals surface area contributed by atoms with Crippen molar-refractivity contribution in [2.45, 2.75) is 63.1 Å². The van der Waals surface area contributed by atoms with Crippen LogP contribution >= 0.6 is 0 Å². The summed E-state index contributed by atoms with van der Waals surface area (Å²) in [5.41, 5.74) is 1.05. The van der Waals surface area contributed by atoms with Crippen molar-refractivity contribution in [1.29, 1.82) is 0 Å². The summed E-state index contributed by atoms with van der Waals surface area (Å²) in [7, 11) is 0. The van der Waals surface area contributed by atoms with Crippen LogP contribution < -0.4 is 10.6 Å². The fourth-order valence-corrected chi connectivity index (χ4v) is 4.12. The Morgan fingerprint density at radius 2 is 2.08 bits per heavy atom. The van der Waals surface area contributed by atoms with Crippen molar-refractivity contribution in [3.8, 4) is 0 Å². The van der Waals surface area contributed by atoms with Crippen molar-refractivity contribution in [2.75, 3.05) is 0 Å². The highest BCUT2D eigenvalue weighted by Crippen LogP contribution is 2.31. The van der Waals surface area contributed by atoms with Gasteiger partial charge >= 0.3 is 0 Å². The summed E-state index contributed by atoms with van der Waals surface area (Å²) in [6, 6.07) is 6.89. The van der Waals surface area contributed by atoms with Crippen molar-refractivity contribution in [3.05, 3.63) is 30.6 Å². The molecule has 2 aromatic rings. The lowest BCUT2D eigenvalue weighted by Gasteiger charge is -2.30. The van der Waals surface area contributed by atoms with Crippen LogP contribution in [0.4, 0.5) is 0 Å². The molecule has 25 heavy (non-hydrogen) atoms. The maximum absolute atomic E-state index is 12.2.